The lowest BCUT2D eigenvalue weighted by Gasteiger charge is -2.34. The second-order valence-corrected chi connectivity index (χ2v) is 5.25. The molecule has 1 saturated carbocycles. The first-order chi connectivity index (χ1) is 7.12. The van der Waals surface area contributed by atoms with E-state index in [0.717, 1.165) is 12.8 Å². The number of aromatic nitrogens is 2. The predicted octanol–water partition coefficient (Wildman–Crippen LogP) is -0.135. The van der Waals surface area contributed by atoms with Crippen molar-refractivity contribution in [1.29, 1.82) is 0 Å². The SMILES string of the molecule is COC1CC(NS(=O)(=O)c2ccn[nH]2)C1. The Morgan fingerprint density at radius 1 is 1.60 bits per heavy atom. The summed E-state index contributed by atoms with van der Waals surface area (Å²) < 4.78 is 31.0. The number of nitrogens with one attached hydrogen (secondary N) is 2. The number of rotatable bonds is 4. The molecule has 0 radical (unpaired) electrons. The molecule has 1 aromatic rings. The van der Waals surface area contributed by atoms with Crippen molar-refractivity contribution in [2.45, 2.75) is 30.0 Å². The molecule has 1 fully saturated rings. The van der Waals surface area contributed by atoms with Gasteiger partial charge >= 0.3 is 0 Å². The minimum atomic E-state index is -3.43. The molecule has 0 saturated heterocycles. The average molecular weight is 231 g/mol. The zero-order chi connectivity index (χ0) is 10.9. The molecule has 7 heteroatoms. The van der Waals surface area contributed by atoms with Gasteiger partial charge in [-0.15, -0.1) is 0 Å². The van der Waals surface area contributed by atoms with Gasteiger partial charge in [-0.05, 0) is 18.9 Å². The van der Waals surface area contributed by atoms with Gasteiger partial charge in [0.1, 0.15) is 0 Å². The molecule has 0 spiro atoms. The minimum absolute atomic E-state index is 0.0248. The third kappa shape index (κ3) is 2.19. The van der Waals surface area contributed by atoms with E-state index in [4.69, 9.17) is 4.74 Å². The van der Waals surface area contributed by atoms with Crippen LogP contribution < -0.4 is 4.72 Å². The average Bonchev–Trinajstić information content (AvgIpc) is 2.63. The molecule has 1 aromatic heterocycles. The maximum atomic E-state index is 11.7. The summed E-state index contributed by atoms with van der Waals surface area (Å²) in [6.45, 7) is 0. The first-order valence-electron chi connectivity index (χ1n) is 4.66. The van der Waals surface area contributed by atoms with E-state index in [-0.39, 0.29) is 17.2 Å². The largest absolute Gasteiger partial charge is 0.381 e. The summed E-state index contributed by atoms with van der Waals surface area (Å²) in [5.41, 5.74) is 0. The molecule has 0 bridgehead atoms. The summed E-state index contributed by atoms with van der Waals surface area (Å²) in [6, 6.07) is 1.40. The van der Waals surface area contributed by atoms with Gasteiger partial charge < -0.3 is 4.74 Å². The Labute approximate surface area is 88.1 Å². The molecule has 0 atom stereocenters. The Hall–Kier alpha value is -0.920. The van der Waals surface area contributed by atoms with Crippen molar-refractivity contribution >= 4 is 10.0 Å². The van der Waals surface area contributed by atoms with Crippen LogP contribution in [0.5, 0.6) is 0 Å². The first kappa shape index (κ1) is 10.6. The lowest BCUT2D eigenvalue weighted by Crippen LogP contribution is -2.47. The van der Waals surface area contributed by atoms with Crippen LogP contribution in [-0.2, 0) is 14.8 Å². The predicted molar refractivity (Wildman–Crippen MR) is 52.7 cm³/mol. The van der Waals surface area contributed by atoms with E-state index in [2.05, 4.69) is 14.9 Å². The fourth-order valence-electron chi connectivity index (χ4n) is 1.53. The van der Waals surface area contributed by atoms with E-state index < -0.39 is 10.0 Å². The molecule has 0 aromatic carbocycles. The number of sulfonamides is 1. The number of nitrogens with zero attached hydrogens (tertiary/aromatic N) is 1. The van der Waals surface area contributed by atoms with Crippen LogP contribution in [0.3, 0.4) is 0 Å². The van der Waals surface area contributed by atoms with Crippen molar-refractivity contribution in [1.82, 2.24) is 14.9 Å². The summed E-state index contributed by atoms with van der Waals surface area (Å²) in [7, 11) is -1.80. The van der Waals surface area contributed by atoms with Crippen molar-refractivity contribution in [3.8, 4) is 0 Å². The van der Waals surface area contributed by atoms with Crippen molar-refractivity contribution in [2.75, 3.05) is 7.11 Å². The highest BCUT2D eigenvalue weighted by molar-refractivity contribution is 7.89. The monoisotopic (exact) mass is 231 g/mol. The topological polar surface area (TPSA) is 84.1 Å². The summed E-state index contributed by atoms with van der Waals surface area (Å²) >= 11 is 0. The molecule has 1 heterocycles. The number of aromatic amines is 1. The van der Waals surface area contributed by atoms with E-state index >= 15 is 0 Å². The fraction of sp³-hybridized carbons (Fsp3) is 0.625. The third-order valence-electron chi connectivity index (χ3n) is 2.51. The molecule has 2 N–H and O–H groups in total. The molecule has 15 heavy (non-hydrogen) atoms. The van der Waals surface area contributed by atoms with Gasteiger partial charge in [0.15, 0.2) is 5.03 Å². The van der Waals surface area contributed by atoms with Gasteiger partial charge in [-0.25, -0.2) is 13.1 Å². The van der Waals surface area contributed by atoms with Gasteiger partial charge in [-0.2, -0.15) is 5.10 Å². The molecule has 0 amide bonds. The van der Waals surface area contributed by atoms with Crippen LogP contribution in [0.4, 0.5) is 0 Å². The lowest BCUT2D eigenvalue weighted by atomic mass is 9.90. The van der Waals surface area contributed by atoms with Gasteiger partial charge in [-0.1, -0.05) is 0 Å². The lowest BCUT2D eigenvalue weighted by molar-refractivity contribution is 0.0236. The highest BCUT2D eigenvalue weighted by Crippen LogP contribution is 2.23. The molecule has 84 valence electrons. The molecule has 2 rings (SSSR count). The molecular formula is C8H13N3O3S. The Morgan fingerprint density at radius 3 is 2.87 bits per heavy atom. The molecule has 0 unspecified atom stereocenters. The van der Waals surface area contributed by atoms with Gasteiger partial charge in [0.2, 0.25) is 0 Å². The van der Waals surface area contributed by atoms with E-state index in [1.165, 1.54) is 12.3 Å². The van der Waals surface area contributed by atoms with Crippen LogP contribution in [0, 0.1) is 0 Å². The summed E-state index contributed by atoms with van der Waals surface area (Å²) in [5, 5.41) is 6.13. The van der Waals surface area contributed by atoms with Crippen LogP contribution in [-0.4, -0.2) is 37.9 Å². The van der Waals surface area contributed by atoms with Crippen molar-refractivity contribution < 1.29 is 13.2 Å². The molecule has 6 nitrogen and oxygen atoms in total. The zero-order valence-electron chi connectivity index (χ0n) is 8.30. The van der Waals surface area contributed by atoms with Gasteiger partial charge in [0.25, 0.3) is 10.0 Å². The minimum Gasteiger partial charge on any atom is -0.381 e. The third-order valence-corrected chi connectivity index (χ3v) is 3.96. The van der Waals surface area contributed by atoms with Crippen LogP contribution in [0.2, 0.25) is 0 Å². The Balaban J connectivity index is 1.96. The highest BCUT2D eigenvalue weighted by Gasteiger charge is 2.32. The van der Waals surface area contributed by atoms with Crippen LogP contribution in [0.1, 0.15) is 12.8 Å². The molecular weight excluding hydrogens is 218 g/mol. The van der Waals surface area contributed by atoms with Gasteiger partial charge in [0, 0.05) is 13.2 Å². The van der Waals surface area contributed by atoms with Gasteiger partial charge in [-0.3, -0.25) is 5.10 Å². The van der Waals surface area contributed by atoms with E-state index in [0.29, 0.717) is 0 Å². The molecule has 0 aliphatic heterocycles. The summed E-state index contributed by atoms with van der Waals surface area (Å²) in [5.74, 6) is 0. The Morgan fingerprint density at radius 2 is 2.33 bits per heavy atom. The van der Waals surface area contributed by atoms with Gasteiger partial charge in [0.05, 0.1) is 12.3 Å². The maximum absolute atomic E-state index is 11.7. The van der Waals surface area contributed by atoms with Crippen molar-refractivity contribution in [2.24, 2.45) is 0 Å². The second kappa shape index (κ2) is 3.92. The number of hydrogen-bond donors (Lipinski definition) is 2. The fourth-order valence-corrected chi connectivity index (χ4v) is 2.70. The van der Waals surface area contributed by atoms with E-state index in [1.54, 1.807) is 7.11 Å². The number of hydrogen-bond acceptors (Lipinski definition) is 4. The van der Waals surface area contributed by atoms with Crippen LogP contribution >= 0.6 is 0 Å². The summed E-state index contributed by atoms with van der Waals surface area (Å²) in [4.78, 5) is 0. The number of methoxy groups -OCH3 is 1. The van der Waals surface area contributed by atoms with Crippen LogP contribution in [0.15, 0.2) is 17.3 Å². The smallest absolute Gasteiger partial charge is 0.257 e. The summed E-state index contributed by atoms with van der Waals surface area (Å²) in [6.07, 6.45) is 3.04. The van der Waals surface area contributed by atoms with Crippen LogP contribution in [0.25, 0.3) is 0 Å². The van der Waals surface area contributed by atoms with E-state index in [9.17, 15) is 8.42 Å². The highest BCUT2D eigenvalue weighted by atomic mass is 32.2. The standard InChI is InChI=1S/C8H13N3O3S/c1-14-7-4-6(5-7)11-15(12,13)8-2-3-9-10-8/h2-3,6-7,11H,4-5H2,1H3,(H,9,10). The zero-order valence-corrected chi connectivity index (χ0v) is 9.12. The molecule has 1 aliphatic carbocycles. The number of H-pyrrole nitrogens is 1. The number of ether oxygens (including phenoxy) is 1. The Bertz CT molecular complexity index is 408. The van der Waals surface area contributed by atoms with E-state index in [1.807, 2.05) is 0 Å². The quantitative estimate of drug-likeness (QED) is 0.755. The van der Waals surface area contributed by atoms with Crippen molar-refractivity contribution in [3.05, 3.63) is 12.3 Å². The maximum Gasteiger partial charge on any atom is 0.257 e. The Kier molecular flexibility index (Phi) is 2.76. The normalized spacial score (nSPS) is 26.2. The van der Waals surface area contributed by atoms with Crippen molar-refractivity contribution in [3.63, 3.8) is 0 Å². The second-order valence-electron chi connectivity index (χ2n) is 3.57. The molecule has 1 aliphatic rings. The first-order valence-corrected chi connectivity index (χ1v) is 6.14.